The zero-order valence-corrected chi connectivity index (χ0v) is 12.3. The highest BCUT2D eigenvalue weighted by atomic mass is 35.5. The summed E-state index contributed by atoms with van der Waals surface area (Å²) in [6, 6.07) is 0.496. The molecule has 0 aromatic carbocycles. The van der Waals surface area contributed by atoms with E-state index in [0.717, 1.165) is 38.3 Å². The highest BCUT2D eigenvalue weighted by Crippen LogP contribution is 2.38. The second-order valence-electron chi connectivity index (χ2n) is 5.18. The van der Waals surface area contributed by atoms with Gasteiger partial charge in [0, 0.05) is 25.0 Å². The number of hydrogen-bond acceptors (Lipinski definition) is 3. The minimum Gasteiger partial charge on any atom is -0.381 e. The lowest BCUT2D eigenvalue weighted by atomic mass is 9.94. The molecule has 0 N–H and O–H groups in total. The van der Waals surface area contributed by atoms with Crippen LogP contribution in [0.2, 0.25) is 0 Å². The predicted molar refractivity (Wildman–Crippen MR) is 76.3 cm³/mol. The Kier molecular flexibility index (Phi) is 4.33. The molecule has 1 atom stereocenters. The highest BCUT2D eigenvalue weighted by molar-refractivity contribution is 6.28. The molecule has 0 bridgehead atoms. The van der Waals surface area contributed by atoms with E-state index in [0.29, 0.717) is 11.9 Å². The molecule has 1 fully saturated rings. The van der Waals surface area contributed by atoms with Gasteiger partial charge in [0.05, 0.1) is 11.4 Å². The summed E-state index contributed by atoms with van der Waals surface area (Å²) < 4.78 is 5.46. The van der Waals surface area contributed by atoms with Crippen LogP contribution in [0.4, 0.5) is 0 Å². The zero-order valence-electron chi connectivity index (χ0n) is 11.6. The molecule has 1 saturated heterocycles. The van der Waals surface area contributed by atoms with Crippen LogP contribution < -0.4 is 0 Å². The van der Waals surface area contributed by atoms with Crippen LogP contribution in [0.15, 0.2) is 16.8 Å². The fourth-order valence-corrected chi connectivity index (χ4v) is 3.14. The summed E-state index contributed by atoms with van der Waals surface area (Å²) in [4.78, 5) is 7.24. The summed E-state index contributed by atoms with van der Waals surface area (Å²) in [6.45, 7) is 8.18. The van der Waals surface area contributed by atoms with Gasteiger partial charge in [0.2, 0.25) is 0 Å². The van der Waals surface area contributed by atoms with Crippen molar-refractivity contribution in [1.29, 1.82) is 0 Å². The fourth-order valence-electron chi connectivity index (χ4n) is 2.95. The number of hydrogen-bond donors (Lipinski definition) is 0. The maximum absolute atomic E-state index is 6.10. The number of halogens is 1. The Bertz CT molecular complexity index is 361. The molecule has 0 aromatic heterocycles. The molecular formula is C14H23ClN2O. The van der Waals surface area contributed by atoms with Crippen molar-refractivity contribution in [3.8, 4) is 0 Å². The molecule has 2 aliphatic rings. The quantitative estimate of drug-likeness (QED) is 0.736. The van der Waals surface area contributed by atoms with Gasteiger partial charge in [-0.25, -0.2) is 0 Å². The first-order valence-electron chi connectivity index (χ1n) is 6.84. The molecule has 2 aliphatic heterocycles. The molecule has 2 rings (SSSR count). The molecule has 102 valence electrons. The van der Waals surface area contributed by atoms with E-state index < -0.39 is 0 Å². The van der Waals surface area contributed by atoms with E-state index in [2.05, 4.69) is 31.7 Å². The van der Waals surface area contributed by atoms with Gasteiger partial charge in [-0.1, -0.05) is 13.0 Å². The van der Waals surface area contributed by atoms with Crippen molar-refractivity contribution in [3.05, 3.63) is 11.8 Å². The Balaban J connectivity index is 2.29. The van der Waals surface area contributed by atoms with Crippen LogP contribution in [0.1, 0.15) is 40.0 Å². The zero-order chi connectivity index (χ0) is 13.2. The molecule has 3 nitrogen and oxygen atoms in total. The predicted octanol–water partition coefficient (Wildman–Crippen LogP) is 3.19. The SMILES string of the molecule is C/C=C1/N(C2CCOCC2)C(CCl)=N[C@]1(C)CC. The van der Waals surface area contributed by atoms with Gasteiger partial charge in [0.1, 0.15) is 5.84 Å². The van der Waals surface area contributed by atoms with Crippen LogP contribution in [0, 0.1) is 0 Å². The Morgan fingerprint density at radius 2 is 2.17 bits per heavy atom. The van der Waals surface area contributed by atoms with E-state index in [1.165, 1.54) is 5.70 Å². The summed E-state index contributed by atoms with van der Waals surface area (Å²) in [5.41, 5.74) is 1.21. The summed E-state index contributed by atoms with van der Waals surface area (Å²) in [7, 11) is 0. The highest BCUT2D eigenvalue weighted by Gasteiger charge is 2.41. The van der Waals surface area contributed by atoms with E-state index >= 15 is 0 Å². The van der Waals surface area contributed by atoms with Crippen molar-refractivity contribution in [2.45, 2.75) is 51.6 Å². The fraction of sp³-hybridized carbons (Fsp3) is 0.786. The van der Waals surface area contributed by atoms with Crippen LogP contribution in [0.25, 0.3) is 0 Å². The van der Waals surface area contributed by atoms with Gasteiger partial charge < -0.3 is 9.64 Å². The van der Waals surface area contributed by atoms with Crippen molar-refractivity contribution in [2.24, 2.45) is 4.99 Å². The van der Waals surface area contributed by atoms with Crippen molar-refractivity contribution < 1.29 is 4.74 Å². The number of allylic oxidation sites excluding steroid dienone is 1. The lowest BCUT2D eigenvalue weighted by Gasteiger charge is -2.36. The van der Waals surface area contributed by atoms with Crippen molar-refractivity contribution in [1.82, 2.24) is 4.90 Å². The maximum atomic E-state index is 6.10. The standard InChI is InChI=1S/C14H23ClN2O/c1-4-12-14(3,5-2)16-13(10-15)17(12)11-6-8-18-9-7-11/h4,11H,5-10H2,1-3H3/b12-4+/t14-/m1/s1. The van der Waals surface area contributed by atoms with Gasteiger partial charge in [-0.05, 0) is 33.1 Å². The summed E-state index contributed by atoms with van der Waals surface area (Å²) in [6.07, 6.45) is 5.33. The summed E-state index contributed by atoms with van der Waals surface area (Å²) >= 11 is 6.10. The largest absolute Gasteiger partial charge is 0.381 e. The molecular weight excluding hydrogens is 248 g/mol. The number of amidine groups is 1. The number of alkyl halides is 1. The van der Waals surface area contributed by atoms with E-state index in [4.69, 9.17) is 21.3 Å². The molecule has 4 heteroatoms. The maximum Gasteiger partial charge on any atom is 0.120 e. The van der Waals surface area contributed by atoms with Gasteiger partial charge in [0.15, 0.2) is 0 Å². The third-order valence-electron chi connectivity index (χ3n) is 4.10. The van der Waals surface area contributed by atoms with Gasteiger partial charge >= 0.3 is 0 Å². The molecule has 0 saturated carbocycles. The normalized spacial score (nSPS) is 32.1. The van der Waals surface area contributed by atoms with E-state index in [-0.39, 0.29) is 5.54 Å². The Hall–Kier alpha value is -0.540. The van der Waals surface area contributed by atoms with Crippen molar-refractivity contribution in [2.75, 3.05) is 19.1 Å². The van der Waals surface area contributed by atoms with Gasteiger partial charge in [-0.15, -0.1) is 11.6 Å². The third kappa shape index (κ3) is 2.30. The molecule has 0 radical (unpaired) electrons. The van der Waals surface area contributed by atoms with E-state index in [1.807, 2.05) is 0 Å². The number of rotatable bonds is 3. The van der Waals surface area contributed by atoms with Crippen LogP contribution in [0.5, 0.6) is 0 Å². The first-order chi connectivity index (χ1) is 8.66. The topological polar surface area (TPSA) is 24.8 Å². The lowest BCUT2D eigenvalue weighted by molar-refractivity contribution is 0.0613. The Labute approximate surface area is 115 Å². The average molecular weight is 271 g/mol. The van der Waals surface area contributed by atoms with Crippen LogP contribution >= 0.6 is 11.6 Å². The Morgan fingerprint density at radius 3 is 2.67 bits per heavy atom. The second kappa shape index (κ2) is 5.62. The average Bonchev–Trinajstić information content (AvgIpc) is 2.72. The molecule has 0 aromatic rings. The molecule has 0 amide bonds. The Morgan fingerprint density at radius 1 is 1.50 bits per heavy atom. The summed E-state index contributed by atoms with van der Waals surface area (Å²) in [5, 5.41) is 0. The van der Waals surface area contributed by atoms with Crippen molar-refractivity contribution in [3.63, 3.8) is 0 Å². The van der Waals surface area contributed by atoms with Crippen LogP contribution in [0.3, 0.4) is 0 Å². The molecule has 0 aliphatic carbocycles. The summed E-state index contributed by atoms with van der Waals surface area (Å²) in [5.74, 6) is 1.52. The first-order valence-corrected chi connectivity index (χ1v) is 7.38. The number of ether oxygens (including phenoxy) is 1. The molecule has 2 heterocycles. The number of aliphatic imine (C=N–C) groups is 1. The monoisotopic (exact) mass is 270 g/mol. The van der Waals surface area contributed by atoms with Crippen LogP contribution in [-0.4, -0.2) is 41.4 Å². The molecule has 18 heavy (non-hydrogen) atoms. The first kappa shape index (κ1) is 13.9. The van der Waals surface area contributed by atoms with E-state index in [9.17, 15) is 0 Å². The van der Waals surface area contributed by atoms with E-state index in [1.54, 1.807) is 0 Å². The third-order valence-corrected chi connectivity index (χ3v) is 4.34. The number of nitrogens with zero attached hydrogens (tertiary/aromatic N) is 2. The minimum atomic E-state index is -0.0999. The van der Waals surface area contributed by atoms with Gasteiger partial charge in [0.25, 0.3) is 0 Å². The minimum absolute atomic E-state index is 0.0999. The van der Waals surface area contributed by atoms with Gasteiger partial charge in [-0.3, -0.25) is 4.99 Å². The smallest absolute Gasteiger partial charge is 0.120 e. The lowest BCUT2D eigenvalue weighted by Crippen LogP contribution is -2.43. The van der Waals surface area contributed by atoms with Crippen molar-refractivity contribution >= 4 is 17.4 Å². The molecule has 0 spiro atoms. The van der Waals surface area contributed by atoms with Crippen LogP contribution in [-0.2, 0) is 4.74 Å². The second-order valence-corrected chi connectivity index (χ2v) is 5.44. The molecule has 0 unspecified atom stereocenters. The van der Waals surface area contributed by atoms with Gasteiger partial charge in [-0.2, -0.15) is 0 Å².